The van der Waals surface area contributed by atoms with Crippen LogP contribution in [0, 0.1) is 5.92 Å². The molecule has 7 heteroatoms. The van der Waals surface area contributed by atoms with E-state index >= 15 is 0 Å². The van der Waals surface area contributed by atoms with Crippen LogP contribution in [0.4, 0.5) is 17.5 Å². The van der Waals surface area contributed by atoms with Crippen LogP contribution in [0.2, 0.25) is 5.02 Å². The summed E-state index contributed by atoms with van der Waals surface area (Å²) < 4.78 is 1.83. The summed E-state index contributed by atoms with van der Waals surface area (Å²) in [7, 11) is 0. The zero-order valence-electron chi connectivity index (χ0n) is 16.4. The Bertz CT molecular complexity index is 1110. The first kappa shape index (κ1) is 19.2. The van der Waals surface area contributed by atoms with Gasteiger partial charge in [-0.05, 0) is 42.7 Å². The number of para-hydroxylation sites is 1. The Morgan fingerprint density at radius 1 is 1.03 bits per heavy atom. The fourth-order valence-corrected chi connectivity index (χ4v) is 3.21. The summed E-state index contributed by atoms with van der Waals surface area (Å²) in [5, 5.41) is 12.8. The van der Waals surface area contributed by atoms with Gasteiger partial charge in [-0.25, -0.2) is 4.68 Å². The molecule has 6 nitrogen and oxygen atoms in total. The maximum atomic E-state index is 6.14. The molecule has 0 saturated heterocycles. The highest BCUT2D eigenvalue weighted by Crippen LogP contribution is 2.27. The van der Waals surface area contributed by atoms with Crippen LogP contribution in [0.25, 0.3) is 16.7 Å². The van der Waals surface area contributed by atoms with Crippen LogP contribution in [0.1, 0.15) is 20.3 Å². The Balaban J connectivity index is 1.76. The quantitative estimate of drug-likeness (QED) is 0.413. The molecule has 148 valence electrons. The average Bonchev–Trinajstić information content (AvgIpc) is 3.13. The molecule has 0 amide bonds. The number of nitrogens with zero attached hydrogens (tertiary/aromatic N) is 4. The molecule has 4 aromatic rings. The zero-order chi connectivity index (χ0) is 20.2. The summed E-state index contributed by atoms with van der Waals surface area (Å²) in [4.78, 5) is 9.44. The van der Waals surface area contributed by atoms with Gasteiger partial charge in [-0.15, -0.1) is 0 Å². The maximum Gasteiger partial charge on any atom is 0.226 e. The molecule has 4 rings (SSSR count). The molecule has 0 aliphatic rings. The van der Waals surface area contributed by atoms with E-state index in [2.05, 4.69) is 29.6 Å². The third-order valence-corrected chi connectivity index (χ3v) is 4.76. The number of aromatic nitrogens is 4. The van der Waals surface area contributed by atoms with E-state index in [0.29, 0.717) is 22.7 Å². The highest BCUT2D eigenvalue weighted by molar-refractivity contribution is 6.30. The van der Waals surface area contributed by atoms with Gasteiger partial charge in [-0.1, -0.05) is 49.7 Å². The molecule has 0 saturated carbocycles. The molecule has 2 aromatic heterocycles. The predicted octanol–water partition coefficient (Wildman–Crippen LogP) is 5.67. The lowest BCUT2D eigenvalue weighted by molar-refractivity contribution is 0.606. The van der Waals surface area contributed by atoms with Crippen molar-refractivity contribution in [2.45, 2.75) is 20.3 Å². The second-order valence-electron chi connectivity index (χ2n) is 7.27. The van der Waals surface area contributed by atoms with Gasteiger partial charge in [0.2, 0.25) is 5.95 Å². The number of benzene rings is 2. The molecule has 2 aromatic carbocycles. The van der Waals surface area contributed by atoms with Gasteiger partial charge in [-0.2, -0.15) is 15.1 Å². The minimum Gasteiger partial charge on any atom is -0.354 e. The average molecular weight is 407 g/mol. The smallest absolute Gasteiger partial charge is 0.226 e. The van der Waals surface area contributed by atoms with Gasteiger partial charge < -0.3 is 10.6 Å². The van der Waals surface area contributed by atoms with Gasteiger partial charge in [0, 0.05) is 17.3 Å². The highest BCUT2D eigenvalue weighted by Gasteiger charge is 2.14. The second-order valence-corrected chi connectivity index (χ2v) is 7.71. The highest BCUT2D eigenvalue weighted by atomic mass is 35.5. The van der Waals surface area contributed by atoms with E-state index in [1.165, 1.54) is 0 Å². The Labute approximate surface area is 175 Å². The number of hydrogen-bond donors (Lipinski definition) is 2. The van der Waals surface area contributed by atoms with Crippen LogP contribution in [0.3, 0.4) is 0 Å². The molecule has 2 heterocycles. The van der Waals surface area contributed by atoms with Crippen LogP contribution in [-0.2, 0) is 0 Å². The number of nitrogens with one attached hydrogen (secondary N) is 2. The topological polar surface area (TPSA) is 67.7 Å². The standard InChI is InChI=1S/C22H23ClN6/c1-15(2)11-12-24-22-27-20(26-17-8-6-7-16(23)13-17)19-14-25-29(21(19)28-22)18-9-4-3-5-10-18/h3-10,13-15H,11-12H2,1-2H3,(H2,24,26,27,28). The van der Waals surface area contributed by atoms with Crippen molar-refractivity contribution in [1.82, 2.24) is 19.7 Å². The van der Waals surface area contributed by atoms with E-state index in [9.17, 15) is 0 Å². The minimum atomic E-state index is 0.570. The Morgan fingerprint density at radius 2 is 1.86 bits per heavy atom. The van der Waals surface area contributed by atoms with Crippen LogP contribution in [-0.4, -0.2) is 26.3 Å². The number of anilines is 3. The van der Waals surface area contributed by atoms with E-state index in [4.69, 9.17) is 21.6 Å². The van der Waals surface area contributed by atoms with E-state index in [-0.39, 0.29) is 0 Å². The van der Waals surface area contributed by atoms with Crippen molar-refractivity contribution in [2.24, 2.45) is 5.92 Å². The Morgan fingerprint density at radius 3 is 2.62 bits per heavy atom. The first-order chi connectivity index (χ1) is 14.1. The summed E-state index contributed by atoms with van der Waals surface area (Å²) >= 11 is 6.14. The third-order valence-electron chi connectivity index (χ3n) is 4.52. The molecule has 0 radical (unpaired) electrons. The number of halogens is 1. The first-order valence-corrected chi connectivity index (χ1v) is 10.1. The van der Waals surface area contributed by atoms with Crippen molar-refractivity contribution < 1.29 is 0 Å². The molecule has 0 unspecified atom stereocenters. The van der Waals surface area contributed by atoms with Crippen LogP contribution in [0.15, 0.2) is 60.8 Å². The lowest BCUT2D eigenvalue weighted by Gasteiger charge is -2.12. The molecule has 0 aliphatic carbocycles. The van der Waals surface area contributed by atoms with Crippen LogP contribution in [0.5, 0.6) is 0 Å². The molecule has 0 fully saturated rings. The fraction of sp³-hybridized carbons (Fsp3) is 0.227. The molecular weight excluding hydrogens is 384 g/mol. The van der Waals surface area contributed by atoms with Crippen molar-refractivity contribution in [2.75, 3.05) is 17.2 Å². The van der Waals surface area contributed by atoms with Crippen LogP contribution < -0.4 is 10.6 Å². The fourth-order valence-electron chi connectivity index (χ4n) is 3.02. The van der Waals surface area contributed by atoms with Crippen molar-refractivity contribution in [3.63, 3.8) is 0 Å². The van der Waals surface area contributed by atoms with E-state index in [0.717, 1.165) is 35.4 Å². The van der Waals surface area contributed by atoms with Crippen LogP contribution >= 0.6 is 11.6 Å². The Hall–Kier alpha value is -3.12. The molecular formula is C22H23ClN6. The van der Waals surface area contributed by atoms with Crippen molar-refractivity contribution in [1.29, 1.82) is 0 Å². The van der Waals surface area contributed by atoms with Crippen molar-refractivity contribution in [3.05, 3.63) is 65.8 Å². The van der Waals surface area contributed by atoms with E-state index in [1.807, 2.05) is 59.3 Å². The number of rotatable bonds is 7. The van der Waals surface area contributed by atoms with E-state index in [1.54, 1.807) is 6.20 Å². The molecule has 0 spiro atoms. The monoisotopic (exact) mass is 406 g/mol. The normalized spacial score (nSPS) is 11.2. The summed E-state index contributed by atoms with van der Waals surface area (Å²) in [6, 6.07) is 17.5. The van der Waals surface area contributed by atoms with Gasteiger partial charge >= 0.3 is 0 Å². The van der Waals surface area contributed by atoms with Gasteiger partial charge in [-0.3, -0.25) is 0 Å². The van der Waals surface area contributed by atoms with Gasteiger partial charge in [0.1, 0.15) is 5.82 Å². The summed E-state index contributed by atoms with van der Waals surface area (Å²) in [6.45, 7) is 5.20. The number of fused-ring (bicyclic) bond motifs is 1. The number of hydrogen-bond acceptors (Lipinski definition) is 5. The molecule has 29 heavy (non-hydrogen) atoms. The molecule has 0 bridgehead atoms. The largest absolute Gasteiger partial charge is 0.354 e. The Kier molecular flexibility index (Phi) is 5.62. The first-order valence-electron chi connectivity index (χ1n) is 9.68. The van der Waals surface area contributed by atoms with Gasteiger partial charge in [0.15, 0.2) is 5.65 Å². The minimum absolute atomic E-state index is 0.570. The zero-order valence-corrected chi connectivity index (χ0v) is 17.2. The van der Waals surface area contributed by atoms with E-state index < -0.39 is 0 Å². The summed E-state index contributed by atoms with van der Waals surface area (Å²) in [5.41, 5.74) is 2.55. The molecule has 0 atom stereocenters. The second kappa shape index (κ2) is 8.49. The van der Waals surface area contributed by atoms with Gasteiger partial charge in [0.25, 0.3) is 0 Å². The predicted molar refractivity (Wildman–Crippen MR) is 119 cm³/mol. The molecule has 0 aliphatic heterocycles. The van der Waals surface area contributed by atoms with Crippen molar-refractivity contribution in [3.8, 4) is 5.69 Å². The SMILES string of the molecule is CC(C)CCNc1nc(Nc2cccc(Cl)c2)c2cnn(-c3ccccc3)c2n1. The lowest BCUT2D eigenvalue weighted by Crippen LogP contribution is -2.10. The molecule has 2 N–H and O–H groups in total. The van der Waals surface area contributed by atoms with Crippen molar-refractivity contribution >= 4 is 40.1 Å². The third kappa shape index (κ3) is 4.49. The lowest BCUT2D eigenvalue weighted by atomic mass is 10.1. The van der Waals surface area contributed by atoms with Gasteiger partial charge in [0.05, 0.1) is 17.3 Å². The maximum absolute atomic E-state index is 6.14. The summed E-state index contributed by atoms with van der Waals surface area (Å²) in [6.07, 6.45) is 2.82. The summed E-state index contributed by atoms with van der Waals surface area (Å²) in [5.74, 6) is 1.86.